The van der Waals surface area contributed by atoms with Gasteiger partial charge in [0, 0.05) is 24.4 Å². The van der Waals surface area contributed by atoms with Crippen LogP contribution in [0.2, 0.25) is 0 Å². The van der Waals surface area contributed by atoms with Crippen molar-refractivity contribution in [1.29, 1.82) is 0 Å². The van der Waals surface area contributed by atoms with Crippen LogP contribution in [-0.2, 0) is 13.2 Å². The van der Waals surface area contributed by atoms with Crippen molar-refractivity contribution in [2.75, 3.05) is 17.2 Å². The Morgan fingerprint density at radius 2 is 2.00 bits per heavy atom. The molecule has 0 saturated carbocycles. The quantitative estimate of drug-likeness (QED) is 0.391. The fourth-order valence-corrected chi connectivity index (χ4v) is 4.74. The fraction of sp³-hybridized carbons (Fsp3) is 0.200. The van der Waals surface area contributed by atoms with Crippen LogP contribution in [0.25, 0.3) is 16.6 Å². The summed E-state index contributed by atoms with van der Waals surface area (Å²) in [6.45, 7) is 1.78. The lowest BCUT2D eigenvalue weighted by atomic mass is 10.0. The summed E-state index contributed by atoms with van der Waals surface area (Å²) in [6, 6.07) is 6.16. The number of aromatic nitrogens is 5. The number of imidazole rings is 1. The molecule has 1 aliphatic heterocycles. The van der Waals surface area contributed by atoms with Gasteiger partial charge in [-0.3, -0.25) is 18.8 Å². The molecule has 1 atom stereocenters. The first-order valence-corrected chi connectivity index (χ1v) is 11.3. The van der Waals surface area contributed by atoms with Gasteiger partial charge in [0.15, 0.2) is 0 Å². The van der Waals surface area contributed by atoms with Crippen LogP contribution in [0.4, 0.5) is 24.7 Å². The van der Waals surface area contributed by atoms with Gasteiger partial charge in [-0.1, -0.05) is 6.07 Å². The molecule has 1 amide bonds. The van der Waals surface area contributed by atoms with Crippen molar-refractivity contribution in [3.8, 4) is 5.75 Å². The van der Waals surface area contributed by atoms with Crippen LogP contribution >= 0.6 is 0 Å². The van der Waals surface area contributed by atoms with Gasteiger partial charge in [0.05, 0.1) is 47.0 Å². The molecule has 2 aromatic carbocycles. The molecular formula is C25H20F3N7O2. The normalized spacial score (nSPS) is 15.2. The average Bonchev–Trinajstić information content (AvgIpc) is 3.59. The Morgan fingerprint density at radius 1 is 1.19 bits per heavy atom. The fourth-order valence-electron chi connectivity index (χ4n) is 4.74. The van der Waals surface area contributed by atoms with Crippen LogP contribution in [0, 0.1) is 6.92 Å². The highest BCUT2D eigenvalue weighted by Gasteiger charge is 2.38. The Labute approximate surface area is 207 Å². The van der Waals surface area contributed by atoms with E-state index in [1.54, 1.807) is 53.9 Å². The number of aryl methyl sites for hydroxylation is 2. The van der Waals surface area contributed by atoms with Crippen molar-refractivity contribution < 1.29 is 22.7 Å². The predicted molar refractivity (Wildman–Crippen MR) is 129 cm³/mol. The summed E-state index contributed by atoms with van der Waals surface area (Å²) in [5.41, 5.74) is 9.11. The lowest BCUT2D eigenvalue weighted by Crippen LogP contribution is -2.36. The van der Waals surface area contributed by atoms with Gasteiger partial charge < -0.3 is 10.5 Å². The van der Waals surface area contributed by atoms with Crippen LogP contribution in [0.5, 0.6) is 5.75 Å². The molecule has 0 aliphatic carbocycles. The SMILES string of the molecule is Cc1cc2nc(N)c3cncn3c2cc1C(=O)N(c1cnn(C)c1)C1COc2cc(C(F)(F)F)ccc21. The Kier molecular flexibility index (Phi) is 4.90. The van der Waals surface area contributed by atoms with E-state index in [4.69, 9.17) is 10.5 Å². The molecular weight excluding hydrogens is 487 g/mol. The summed E-state index contributed by atoms with van der Waals surface area (Å²) in [4.78, 5) is 24.3. The third kappa shape index (κ3) is 3.63. The Bertz CT molecular complexity index is 1710. The van der Waals surface area contributed by atoms with Crippen molar-refractivity contribution >= 4 is 34.0 Å². The van der Waals surface area contributed by atoms with Crippen LogP contribution in [-0.4, -0.2) is 36.7 Å². The zero-order chi connectivity index (χ0) is 26.1. The maximum Gasteiger partial charge on any atom is 0.416 e. The van der Waals surface area contributed by atoms with Crippen molar-refractivity contribution in [1.82, 2.24) is 24.1 Å². The van der Waals surface area contributed by atoms with Crippen molar-refractivity contribution in [2.45, 2.75) is 19.1 Å². The summed E-state index contributed by atoms with van der Waals surface area (Å²) < 4.78 is 48.7. The summed E-state index contributed by atoms with van der Waals surface area (Å²) >= 11 is 0. The third-order valence-corrected chi connectivity index (χ3v) is 6.55. The molecule has 0 fully saturated rings. The van der Waals surface area contributed by atoms with E-state index in [0.29, 0.717) is 44.7 Å². The summed E-state index contributed by atoms with van der Waals surface area (Å²) in [5.74, 6) is 0.0498. The lowest BCUT2D eigenvalue weighted by Gasteiger charge is -2.28. The molecule has 1 unspecified atom stereocenters. The second-order valence-corrected chi connectivity index (χ2v) is 8.93. The van der Waals surface area contributed by atoms with Crippen LogP contribution in [0.1, 0.15) is 33.1 Å². The van der Waals surface area contributed by atoms with Gasteiger partial charge in [0.1, 0.15) is 23.7 Å². The smallest absolute Gasteiger partial charge is 0.416 e. The van der Waals surface area contributed by atoms with Gasteiger partial charge in [0.25, 0.3) is 5.91 Å². The van der Waals surface area contributed by atoms with E-state index in [2.05, 4.69) is 15.1 Å². The second kappa shape index (κ2) is 7.95. The Hall–Kier alpha value is -4.61. The monoisotopic (exact) mass is 507 g/mol. The van der Waals surface area contributed by atoms with Crippen molar-refractivity contribution in [3.63, 3.8) is 0 Å². The van der Waals surface area contributed by atoms with Crippen molar-refractivity contribution in [2.24, 2.45) is 7.05 Å². The molecule has 4 heterocycles. The highest BCUT2D eigenvalue weighted by molar-refractivity contribution is 6.09. The molecule has 0 bridgehead atoms. The van der Waals surface area contributed by atoms with Gasteiger partial charge in [-0.25, -0.2) is 9.97 Å². The molecule has 3 aromatic heterocycles. The van der Waals surface area contributed by atoms with Gasteiger partial charge in [-0.2, -0.15) is 18.3 Å². The van der Waals surface area contributed by atoms with Gasteiger partial charge in [0.2, 0.25) is 0 Å². The van der Waals surface area contributed by atoms with Gasteiger partial charge >= 0.3 is 6.18 Å². The molecule has 12 heteroatoms. The molecule has 37 heavy (non-hydrogen) atoms. The first-order chi connectivity index (χ1) is 17.6. The summed E-state index contributed by atoms with van der Waals surface area (Å²) in [6.07, 6.45) is 1.89. The molecule has 5 aromatic rings. The van der Waals surface area contributed by atoms with Crippen LogP contribution < -0.4 is 15.4 Å². The van der Waals surface area contributed by atoms with Gasteiger partial charge in [-0.05, 0) is 36.8 Å². The Morgan fingerprint density at radius 3 is 2.73 bits per heavy atom. The number of halogens is 3. The van der Waals surface area contributed by atoms with E-state index in [9.17, 15) is 18.0 Å². The number of rotatable bonds is 3. The average molecular weight is 507 g/mol. The number of carbonyl (C=O) groups is 1. The molecule has 0 radical (unpaired) electrons. The zero-order valence-corrected chi connectivity index (χ0v) is 19.7. The number of anilines is 2. The molecule has 188 valence electrons. The van der Waals surface area contributed by atoms with E-state index in [-0.39, 0.29) is 18.3 Å². The Balaban J connectivity index is 1.49. The predicted octanol–water partition coefficient (Wildman–Crippen LogP) is 4.31. The number of alkyl halides is 3. The number of nitrogen functional groups attached to an aromatic ring is 1. The highest BCUT2D eigenvalue weighted by Crippen LogP contribution is 2.42. The third-order valence-electron chi connectivity index (χ3n) is 6.55. The first kappa shape index (κ1) is 22.8. The minimum absolute atomic E-state index is 0.00619. The van der Waals surface area contributed by atoms with Gasteiger partial charge in [-0.15, -0.1) is 0 Å². The minimum atomic E-state index is -4.51. The van der Waals surface area contributed by atoms with Crippen molar-refractivity contribution in [3.05, 3.63) is 77.5 Å². The number of amides is 1. The molecule has 1 aliphatic rings. The molecule has 0 saturated heterocycles. The number of carbonyl (C=O) groups excluding carboxylic acids is 1. The van der Waals surface area contributed by atoms with Crippen LogP contribution in [0.3, 0.4) is 0 Å². The number of nitrogens with two attached hydrogens (primary N) is 1. The number of fused-ring (bicyclic) bond motifs is 4. The van der Waals surface area contributed by atoms with E-state index >= 15 is 0 Å². The van der Waals surface area contributed by atoms with E-state index in [0.717, 1.165) is 12.1 Å². The molecule has 9 nitrogen and oxygen atoms in total. The van der Waals surface area contributed by atoms with E-state index in [1.807, 2.05) is 0 Å². The zero-order valence-electron chi connectivity index (χ0n) is 19.7. The van der Waals surface area contributed by atoms with Crippen LogP contribution in [0.15, 0.2) is 55.2 Å². The molecule has 2 N–H and O–H groups in total. The maximum atomic E-state index is 14.2. The maximum absolute atomic E-state index is 14.2. The number of hydrogen-bond acceptors (Lipinski definition) is 6. The standard InChI is InChI=1S/C25H20F3N7O2/c1-13-5-18-19(34-12-30-9-20(34)23(29)32-18)7-17(13)24(36)35(15-8-31-33(2)10-15)21-11-37-22-6-14(25(26,27)28)3-4-16(21)22/h3-10,12,21H,11H2,1-2H3,(H2,29,32). The second-order valence-electron chi connectivity index (χ2n) is 8.93. The minimum Gasteiger partial charge on any atom is -0.491 e. The molecule has 6 rings (SSSR count). The highest BCUT2D eigenvalue weighted by atomic mass is 19.4. The lowest BCUT2D eigenvalue weighted by molar-refractivity contribution is -0.137. The summed E-state index contributed by atoms with van der Waals surface area (Å²) in [5, 5.41) is 4.20. The number of ether oxygens (including phenoxy) is 1. The number of nitrogens with zero attached hydrogens (tertiary/aromatic N) is 6. The largest absolute Gasteiger partial charge is 0.491 e. The van der Waals surface area contributed by atoms with E-state index < -0.39 is 17.8 Å². The number of benzene rings is 2. The number of hydrogen-bond donors (Lipinski definition) is 1. The first-order valence-electron chi connectivity index (χ1n) is 11.3. The van der Waals surface area contributed by atoms with E-state index in [1.165, 1.54) is 17.2 Å². The summed E-state index contributed by atoms with van der Waals surface area (Å²) in [7, 11) is 1.72. The topological polar surface area (TPSA) is 104 Å². The molecule has 0 spiro atoms.